The van der Waals surface area contributed by atoms with E-state index in [4.69, 9.17) is 11.6 Å². The number of benzene rings is 2. The van der Waals surface area contributed by atoms with Crippen LogP contribution in [-0.4, -0.2) is 19.6 Å². The zero-order chi connectivity index (χ0) is 16.0. The largest absolute Gasteiger partial charge is 0.337 e. The van der Waals surface area contributed by atoms with Gasteiger partial charge in [0.15, 0.2) is 5.82 Å². The topological polar surface area (TPSA) is 55.1 Å². The number of para-hydroxylation sites is 2. The minimum atomic E-state index is 0.657. The Balaban J connectivity index is 1.93. The molecule has 2 heterocycles. The van der Waals surface area contributed by atoms with Crippen molar-refractivity contribution in [3.63, 3.8) is 0 Å². The van der Waals surface area contributed by atoms with Crippen molar-refractivity contribution in [3.8, 4) is 0 Å². The predicted molar refractivity (Wildman–Crippen MR) is 92.5 cm³/mol. The highest BCUT2D eigenvalue weighted by Crippen LogP contribution is 2.26. The second kappa shape index (κ2) is 5.21. The van der Waals surface area contributed by atoms with E-state index in [9.17, 15) is 0 Å². The lowest BCUT2D eigenvalue weighted by Gasteiger charge is -2.10. The molecule has 0 saturated carbocycles. The van der Waals surface area contributed by atoms with Gasteiger partial charge < -0.3 is 5.32 Å². The molecular formula is C17H14ClN5. The van der Waals surface area contributed by atoms with E-state index in [1.165, 1.54) is 0 Å². The molecule has 4 rings (SSSR count). The normalized spacial score (nSPS) is 11.3. The fourth-order valence-corrected chi connectivity index (χ4v) is 2.79. The van der Waals surface area contributed by atoms with Gasteiger partial charge in [0.2, 0.25) is 5.65 Å². The average Bonchev–Trinajstić information content (AvgIpc) is 2.94. The highest BCUT2D eigenvalue weighted by molar-refractivity contribution is 6.31. The lowest BCUT2D eigenvalue weighted by molar-refractivity contribution is 1.02. The van der Waals surface area contributed by atoms with Crippen LogP contribution in [0.1, 0.15) is 11.4 Å². The number of fused-ring (bicyclic) bond motifs is 3. The molecule has 0 amide bonds. The Hall–Kier alpha value is -2.66. The molecule has 0 unspecified atom stereocenters. The summed E-state index contributed by atoms with van der Waals surface area (Å²) in [5.74, 6) is 1.48. The maximum atomic E-state index is 6.20. The summed E-state index contributed by atoms with van der Waals surface area (Å²) in [4.78, 5) is 4.69. The van der Waals surface area contributed by atoms with Gasteiger partial charge in [-0.25, -0.2) is 4.98 Å². The number of aromatic nitrogens is 4. The Labute approximate surface area is 137 Å². The third kappa shape index (κ3) is 2.29. The number of aryl methyl sites for hydroxylation is 2. The maximum Gasteiger partial charge on any atom is 0.204 e. The van der Waals surface area contributed by atoms with Gasteiger partial charge in [-0.15, -0.1) is 10.2 Å². The Bertz CT molecular complexity index is 1040. The van der Waals surface area contributed by atoms with Crippen LogP contribution in [0.2, 0.25) is 5.02 Å². The molecule has 114 valence electrons. The van der Waals surface area contributed by atoms with Crippen molar-refractivity contribution in [1.29, 1.82) is 0 Å². The van der Waals surface area contributed by atoms with Crippen LogP contribution in [0.4, 0.5) is 11.5 Å². The standard InChI is InChI=1S/C17H14ClN5/c1-10-7-8-12(9-13(10)18)19-16-17-22-21-11(2)23(17)15-6-4-3-5-14(15)20-16/h3-9H,1-2H3,(H,19,20). The van der Waals surface area contributed by atoms with Gasteiger partial charge in [0, 0.05) is 10.7 Å². The number of hydrogen-bond acceptors (Lipinski definition) is 4. The summed E-state index contributed by atoms with van der Waals surface area (Å²) in [7, 11) is 0. The number of nitrogens with one attached hydrogen (secondary N) is 1. The zero-order valence-electron chi connectivity index (χ0n) is 12.7. The molecule has 0 spiro atoms. The lowest BCUT2D eigenvalue weighted by Crippen LogP contribution is -2.01. The molecule has 0 radical (unpaired) electrons. The highest BCUT2D eigenvalue weighted by atomic mass is 35.5. The van der Waals surface area contributed by atoms with Crippen molar-refractivity contribution in [2.45, 2.75) is 13.8 Å². The Kier molecular flexibility index (Phi) is 3.16. The first-order valence-electron chi connectivity index (χ1n) is 7.27. The highest BCUT2D eigenvalue weighted by Gasteiger charge is 2.13. The molecule has 0 atom stereocenters. The molecular weight excluding hydrogens is 310 g/mol. The van der Waals surface area contributed by atoms with Crippen molar-refractivity contribution < 1.29 is 0 Å². The fourth-order valence-electron chi connectivity index (χ4n) is 2.61. The molecule has 4 aromatic rings. The van der Waals surface area contributed by atoms with Gasteiger partial charge in [-0.1, -0.05) is 29.8 Å². The molecule has 0 aliphatic carbocycles. The first kappa shape index (κ1) is 14.0. The second-order valence-electron chi connectivity index (χ2n) is 5.44. The van der Waals surface area contributed by atoms with E-state index < -0.39 is 0 Å². The van der Waals surface area contributed by atoms with Gasteiger partial charge in [-0.05, 0) is 43.7 Å². The van der Waals surface area contributed by atoms with Gasteiger partial charge >= 0.3 is 0 Å². The number of anilines is 2. The summed E-state index contributed by atoms with van der Waals surface area (Å²) in [6.45, 7) is 3.90. The van der Waals surface area contributed by atoms with Crippen LogP contribution < -0.4 is 5.32 Å². The minimum Gasteiger partial charge on any atom is -0.337 e. The van der Waals surface area contributed by atoms with Gasteiger partial charge in [0.05, 0.1) is 11.0 Å². The monoisotopic (exact) mass is 323 g/mol. The molecule has 2 aromatic heterocycles. The quantitative estimate of drug-likeness (QED) is 0.598. The van der Waals surface area contributed by atoms with E-state index >= 15 is 0 Å². The summed E-state index contributed by atoms with van der Waals surface area (Å²) in [5, 5.41) is 12.5. The van der Waals surface area contributed by atoms with Gasteiger partial charge in [0.25, 0.3) is 0 Å². The number of nitrogens with zero attached hydrogens (tertiary/aromatic N) is 4. The average molecular weight is 324 g/mol. The molecule has 6 heteroatoms. The van der Waals surface area contributed by atoms with Crippen LogP contribution in [0.3, 0.4) is 0 Å². The van der Waals surface area contributed by atoms with Crippen molar-refractivity contribution in [1.82, 2.24) is 19.6 Å². The van der Waals surface area contributed by atoms with Crippen molar-refractivity contribution in [3.05, 3.63) is 58.9 Å². The van der Waals surface area contributed by atoms with E-state index in [1.54, 1.807) is 0 Å². The Morgan fingerprint density at radius 1 is 1.04 bits per heavy atom. The van der Waals surface area contributed by atoms with Gasteiger partial charge in [-0.3, -0.25) is 4.40 Å². The van der Waals surface area contributed by atoms with Crippen LogP contribution >= 0.6 is 11.6 Å². The van der Waals surface area contributed by atoms with Gasteiger partial charge in [-0.2, -0.15) is 0 Å². The SMILES string of the molecule is Cc1ccc(Nc2nc3ccccc3n3c(C)nnc23)cc1Cl. The molecule has 0 fully saturated rings. The predicted octanol–water partition coefficient (Wildman–Crippen LogP) is 4.29. The van der Waals surface area contributed by atoms with Crippen LogP contribution in [0.15, 0.2) is 42.5 Å². The molecule has 0 aliphatic rings. The zero-order valence-corrected chi connectivity index (χ0v) is 13.5. The van der Waals surface area contributed by atoms with Crippen molar-refractivity contribution in [2.24, 2.45) is 0 Å². The first-order chi connectivity index (χ1) is 11.1. The van der Waals surface area contributed by atoms with Crippen LogP contribution in [-0.2, 0) is 0 Å². The molecule has 1 N–H and O–H groups in total. The molecule has 0 bridgehead atoms. The van der Waals surface area contributed by atoms with Crippen LogP contribution in [0.25, 0.3) is 16.7 Å². The summed E-state index contributed by atoms with van der Waals surface area (Å²) < 4.78 is 2.00. The molecule has 23 heavy (non-hydrogen) atoms. The fraction of sp³-hybridized carbons (Fsp3) is 0.118. The smallest absolute Gasteiger partial charge is 0.204 e. The molecule has 0 saturated heterocycles. The maximum absolute atomic E-state index is 6.20. The summed E-state index contributed by atoms with van der Waals surface area (Å²) in [6, 6.07) is 13.8. The van der Waals surface area contributed by atoms with E-state index in [0.29, 0.717) is 16.5 Å². The molecule has 5 nitrogen and oxygen atoms in total. The number of rotatable bonds is 2. The Morgan fingerprint density at radius 2 is 1.87 bits per heavy atom. The first-order valence-corrected chi connectivity index (χ1v) is 7.65. The second-order valence-corrected chi connectivity index (χ2v) is 5.85. The van der Waals surface area contributed by atoms with Crippen molar-refractivity contribution >= 4 is 39.8 Å². The number of halogens is 1. The van der Waals surface area contributed by atoms with Crippen LogP contribution in [0, 0.1) is 13.8 Å². The summed E-state index contributed by atoms with van der Waals surface area (Å²) in [5.41, 5.74) is 4.46. The molecule has 2 aromatic carbocycles. The lowest BCUT2D eigenvalue weighted by atomic mass is 10.2. The number of hydrogen-bond donors (Lipinski definition) is 1. The summed E-state index contributed by atoms with van der Waals surface area (Å²) in [6.07, 6.45) is 0. The van der Waals surface area contributed by atoms with E-state index in [0.717, 1.165) is 28.1 Å². The van der Waals surface area contributed by atoms with Crippen LogP contribution in [0.5, 0.6) is 0 Å². The molecule has 0 aliphatic heterocycles. The van der Waals surface area contributed by atoms with E-state index in [1.807, 2.05) is 60.7 Å². The van der Waals surface area contributed by atoms with E-state index in [2.05, 4.69) is 20.5 Å². The van der Waals surface area contributed by atoms with Gasteiger partial charge in [0.1, 0.15) is 5.82 Å². The minimum absolute atomic E-state index is 0.657. The third-order valence-electron chi connectivity index (χ3n) is 3.83. The van der Waals surface area contributed by atoms with Crippen molar-refractivity contribution in [2.75, 3.05) is 5.32 Å². The Morgan fingerprint density at radius 3 is 2.70 bits per heavy atom. The summed E-state index contributed by atoms with van der Waals surface area (Å²) >= 11 is 6.20. The third-order valence-corrected chi connectivity index (χ3v) is 4.23. The van der Waals surface area contributed by atoms with E-state index in [-0.39, 0.29) is 0 Å².